The van der Waals surface area contributed by atoms with Crippen LogP contribution in [0.3, 0.4) is 0 Å². The molecule has 3 rings (SSSR count). The lowest BCUT2D eigenvalue weighted by Gasteiger charge is -2.05. The zero-order valence-electron chi connectivity index (χ0n) is 12.6. The molecular formula is C15H8F3N3O4S. The van der Waals surface area contributed by atoms with Gasteiger partial charge in [0.05, 0.1) is 10.6 Å². The first kappa shape index (κ1) is 17.6. The number of nitro groups is 1. The quantitative estimate of drug-likeness (QED) is 0.398. The SMILES string of the molecule is O=[N+]([O-])c1cc(-c2csc(-c3ccc(C(F)(F)F)nc3)n2)cc(O)c1O. The highest BCUT2D eigenvalue weighted by atomic mass is 32.1. The highest BCUT2D eigenvalue weighted by Gasteiger charge is 2.32. The fraction of sp³-hybridized carbons (Fsp3) is 0.0667. The van der Waals surface area contributed by atoms with Gasteiger partial charge in [-0.2, -0.15) is 13.2 Å². The number of thiazole rings is 1. The van der Waals surface area contributed by atoms with Gasteiger partial charge >= 0.3 is 11.9 Å². The molecule has 0 radical (unpaired) electrons. The summed E-state index contributed by atoms with van der Waals surface area (Å²) in [6.45, 7) is 0. The number of nitrogens with zero attached hydrogens (tertiary/aromatic N) is 3. The van der Waals surface area contributed by atoms with Crippen LogP contribution in [0.25, 0.3) is 21.8 Å². The van der Waals surface area contributed by atoms with E-state index < -0.39 is 34.0 Å². The number of hydrogen-bond donors (Lipinski definition) is 2. The number of rotatable bonds is 3. The first-order valence-corrected chi connectivity index (χ1v) is 7.74. The topological polar surface area (TPSA) is 109 Å². The average molecular weight is 383 g/mol. The van der Waals surface area contributed by atoms with Crippen molar-refractivity contribution in [2.75, 3.05) is 0 Å². The molecule has 0 spiro atoms. The summed E-state index contributed by atoms with van der Waals surface area (Å²) in [7, 11) is 0. The minimum atomic E-state index is -4.55. The molecule has 2 N–H and O–H groups in total. The maximum absolute atomic E-state index is 12.5. The summed E-state index contributed by atoms with van der Waals surface area (Å²) >= 11 is 1.09. The number of aromatic nitrogens is 2. The molecule has 0 aliphatic carbocycles. The molecule has 0 unspecified atom stereocenters. The van der Waals surface area contributed by atoms with E-state index in [4.69, 9.17) is 0 Å². The molecule has 0 aliphatic heterocycles. The van der Waals surface area contributed by atoms with Gasteiger partial charge in [-0.15, -0.1) is 11.3 Å². The lowest BCUT2D eigenvalue weighted by atomic mass is 10.1. The fourth-order valence-corrected chi connectivity index (χ4v) is 2.94. The Morgan fingerprint density at radius 1 is 1.15 bits per heavy atom. The Morgan fingerprint density at radius 3 is 2.46 bits per heavy atom. The summed E-state index contributed by atoms with van der Waals surface area (Å²) in [4.78, 5) is 17.6. The van der Waals surface area contributed by atoms with Crippen LogP contribution in [-0.2, 0) is 6.18 Å². The van der Waals surface area contributed by atoms with Gasteiger partial charge in [-0.3, -0.25) is 15.1 Å². The molecule has 0 amide bonds. The van der Waals surface area contributed by atoms with E-state index in [1.807, 2.05) is 0 Å². The molecule has 26 heavy (non-hydrogen) atoms. The highest BCUT2D eigenvalue weighted by Crippen LogP contribution is 2.40. The van der Waals surface area contributed by atoms with Crippen molar-refractivity contribution in [1.82, 2.24) is 9.97 Å². The molecule has 134 valence electrons. The molecule has 0 aliphatic rings. The maximum Gasteiger partial charge on any atom is 0.433 e. The molecule has 0 bridgehead atoms. The van der Waals surface area contributed by atoms with Crippen LogP contribution in [0.1, 0.15) is 5.69 Å². The summed E-state index contributed by atoms with van der Waals surface area (Å²) in [5.41, 5.74) is -0.952. The van der Waals surface area contributed by atoms with Gasteiger partial charge in [0.2, 0.25) is 5.75 Å². The molecular weight excluding hydrogens is 375 g/mol. The molecule has 2 heterocycles. The summed E-state index contributed by atoms with van der Waals surface area (Å²) in [6, 6.07) is 4.19. The normalized spacial score (nSPS) is 11.5. The molecule has 2 aromatic heterocycles. The minimum absolute atomic E-state index is 0.175. The molecule has 7 nitrogen and oxygen atoms in total. The third kappa shape index (κ3) is 3.28. The standard InChI is InChI=1S/C15H8F3N3O4S/c16-15(17,18)12-2-1-7(5-19-12)14-20-9(6-26-14)8-3-10(21(24)25)13(23)11(22)4-8/h1-6,22-23H. The third-order valence-corrected chi connectivity index (χ3v) is 4.26. The molecule has 0 fully saturated rings. The molecule has 0 saturated carbocycles. The first-order valence-electron chi connectivity index (χ1n) is 6.86. The van der Waals surface area contributed by atoms with Crippen molar-refractivity contribution >= 4 is 17.0 Å². The van der Waals surface area contributed by atoms with E-state index in [0.29, 0.717) is 10.6 Å². The number of hydrogen-bond acceptors (Lipinski definition) is 7. The number of benzene rings is 1. The Kier molecular flexibility index (Phi) is 4.24. The van der Waals surface area contributed by atoms with Crippen LogP contribution >= 0.6 is 11.3 Å². The predicted molar refractivity (Wildman–Crippen MR) is 85.8 cm³/mol. The number of nitro benzene ring substituents is 1. The van der Waals surface area contributed by atoms with Gasteiger partial charge in [-0.05, 0) is 18.2 Å². The number of phenolic OH excluding ortho intramolecular Hbond substituents is 2. The van der Waals surface area contributed by atoms with Crippen molar-refractivity contribution in [2.24, 2.45) is 0 Å². The van der Waals surface area contributed by atoms with Gasteiger partial charge < -0.3 is 10.2 Å². The van der Waals surface area contributed by atoms with Crippen LogP contribution in [0.15, 0.2) is 35.8 Å². The zero-order valence-corrected chi connectivity index (χ0v) is 13.4. The zero-order chi connectivity index (χ0) is 19.1. The lowest BCUT2D eigenvalue weighted by Crippen LogP contribution is -2.07. The van der Waals surface area contributed by atoms with Crippen molar-refractivity contribution < 1.29 is 28.3 Å². The van der Waals surface area contributed by atoms with E-state index in [2.05, 4.69) is 9.97 Å². The van der Waals surface area contributed by atoms with Gasteiger partial charge in [-0.25, -0.2) is 4.98 Å². The van der Waals surface area contributed by atoms with Crippen LogP contribution < -0.4 is 0 Å². The third-order valence-electron chi connectivity index (χ3n) is 3.37. The molecule has 0 saturated heterocycles. The van der Waals surface area contributed by atoms with E-state index in [1.165, 1.54) is 11.4 Å². The van der Waals surface area contributed by atoms with Crippen LogP contribution in [0, 0.1) is 10.1 Å². The van der Waals surface area contributed by atoms with Crippen LogP contribution in [0.2, 0.25) is 0 Å². The molecule has 1 aromatic carbocycles. The summed E-state index contributed by atoms with van der Waals surface area (Å²) in [6.07, 6.45) is -3.52. The Labute approximate surface area is 147 Å². The fourth-order valence-electron chi connectivity index (χ4n) is 2.12. The van der Waals surface area contributed by atoms with E-state index in [9.17, 15) is 33.5 Å². The van der Waals surface area contributed by atoms with Crippen LogP contribution in [-0.4, -0.2) is 25.1 Å². The molecule has 3 aromatic rings. The Bertz CT molecular complexity index is 987. The minimum Gasteiger partial charge on any atom is -0.504 e. The Morgan fingerprint density at radius 2 is 1.88 bits per heavy atom. The Hall–Kier alpha value is -3.21. The summed E-state index contributed by atoms with van der Waals surface area (Å²) < 4.78 is 37.6. The highest BCUT2D eigenvalue weighted by molar-refractivity contribution is 7.13. The van der Waals surface area contributed by atoms with E-state index in [0.717, 1.165) is 35.7 Å². The van der Waals surface area contributed by atoms with Crippen LogP contribution in [0.5, 0.6) is 11.5 Å². The summed E-state index contributed by atoms with van der Waals surface area (Å²) in [5.74, 6) is -1.54. The van der Waals surface area contributed by atoms with Crippen LogP contribution in [0.4, 0.5) is 18.9 Å². The van der Waals surface area contributed by atoms with Crippen molar-refractivity contribution in [3.63, 3.8) is 0 Å². The van der Waals surface area contributed by atoms with Gasteiger partial charge in [0.1, 0.15) is 10.7 Å². The van der Waals surface area contributed by atoms with Gasteiger partial charge in [0, 0.05) is 28.8 Å². The monoisotopic (exact) mass is 383 g/mol. The van der Waals surface area contributed by atoms with Gasteiger partial charge in [0.25, 0.3) is 0 Å². The predicted octanol–water partition coefficient (Wildman–Crippen LogP) is 4.21. The lowest BCUT2D eigenvalue weighted by molar-refractivity contribution is -0.385. The average Bonchev–Trinajstić information content (AvgIpc) is 3.06. The second-order valence-electron chi connectivity index (χ2n) is 5.09. The van der Waals surface area contributed by atoms with E-state index in [1.54, 1.807) is 0 Å². The Balaban J connectivity index is 1.97. The number of phenols is 2. The number of pyridine rings is 1. The second kappa shape index (κ2) is 6.26. The smallest absolute Gasteiger partial charge is 0.433 e. The molecule has 0 atom stereocenters. The second-order valence-corrected chi connectivity index (χ2v) is 5.95. The van der Waals surface area contributed by atoms with Gasteiger partial charge in [-0.1, -0.05) is 0 Å². The summed E-state index contributed by atoms with van der Waals surface area (Å²) in [5, 5.41) is 31.9. The number of alkyl halides is 3. The van der Waals surface area contributed by atoms with Crippen molar-refractivity contribution in [3.8, 4) is 33.3 Å². The van der Waals surface area contributed by atoms with Crippen molar-refractivity contribution in [3.05, 3.63) is 51.7 Å². The first-order chi connectivity index (χ1) is 12.2. The van der Waals surface area contributed by atoms with Gasteiger partial charge in [0.15, 0.2) is 5.75 Å². The van der Waals surface area contributed by atoms with Crippen molar-refractivity contribution in [1.29, 1.82) is 0 Å². The number of halogens is 3. The molecule has 11 heteroatoms. The maximum atomic E-state index is 12.5. The largest absolute Gasteiger partial charge is 0.504 e. The number of aromatic hydroxyl groups is 2. The van der Waals surface area contributed by atoms with Crippen molar-refractivity contribution in [2.45, 2.75) is 6.18 Å². The van der Waals surface area contributed by atoms with E-state index in [-0.39, 0.29) is 11.3 Å². The van der Waals surface area contributed by atoms with E-state index >= 15 is 0 Å².